The molecule has 0 unspecified atom stereocenters. The first-order chi connectivity index (χ1) is 10.7. The number of ether oxygens (including phenoxy) is 1. The fourth-order valence-electron chi connectivity index (χ4n) is 3.48. The highest BCUT2D eigenvalue weighted by Gasteiger charge is 2.44. The van der Waals surface area contributed by atoms with Crippen LogP contribution in [0.4, 0.5) is 5.82 Å². The fourth-order valence-corrected chi connectivity index (χ4v) is 4.34. The first-order valence-corrected chi connectivity index (χ1v) is 8.30. The lowest BCUT2D eigenvalue weighted by Gasteiger charge is -2.31. The molecule has 2 fully saturated rings. The summed E-state index contributed by atoms with van der Waals surface area (Å²) in [6.07, 6.45) is 2.17. The summed E-state index contributed by atoms with van der Waals surface area (Å²) >= 11 is 1.66. The summed E-state index contributed by atoms with van der Waals surface area (Å²) in [5.41, 5.74) is 0.852. The van der Waals surface area contributed by atoms with Crippen molar-refractivity contribution in [3.63, 3.8) is 0 Å². The number of anilines is 1. The second kappa shape index (κ2) is 5.17. The van der Waals surface area contributed by atoms with Gasteiger partial charge in [-0.1, -0.05) is 0 Å². The quantitative estimate of drug-likeness (QED) is 0.795. The van der Waals surface area contributed by atoms with Gasteiger partial charge in [0.2, 0.25) is 5.91 Å². The predicted octanol–water partition coefficient (Wildman–Crippen LogP) is 1.38. The second-order valence-corrected chi connectivity index (χ2v) is 7.15. The van der Waals surface area contributed by atoms with E-state index in [4.69, 9.17) is 4.74 Å². The summed E-state index contributed by atoms with van der Waals surface area (Å²) in [6, 6.07) is 2.02. The van der Waals surface area contributed by atoms with E-state index in [-0.39, 0.29) is 11.3 Å². The maximum absolute atomic E-state index is 12.0. The molecule has 1 spiro atoms. The Morgan fingerprint density at radius 2 is 2.27 bits per heavy atom. The molecule has 1 atom stereocenters. The molecule has 2 aromatic rings. The summed E-state index contributed by atoms with van der Waals surface area (Å²) in [6.45, 7) is 3.65. The molecule has 4 rings (SSSR count). The highest BCUT2D eigenvalue weighted by Crippen LogP contribution is 2.36. The van der Waals surface area contributed by atoms with Gasteiger partial charge in [-0.3, -0.25) is 4.79 Å². The smallest absolute Gasteiger partial charge is 0.223 e. The molecular weight excluding hydrogens is 300 g/mol. The molecule has 22 heavy (non-hydrogen) atoms. The minimum absolute atomic E-state index is 0.128. The van der Waals surface area contributed by atoms with Crippen LogP contribution in [0.3, 0.4) is 0 Å². The lowest BCUT2D eigenvalue weighted by Crippen LogP contribution is -2.40. The second-order valence-electron chi connectivity index (χ2n) is 6.23. The minimum atomic E-state index is -0.128. The summed E-state index contributed by atoms with van der Waals surface area (Å²) in [4.78, 5) is 24.9. The lowest BCUT2D eigenvalue weighted by molar-refractivity contribution is -0.126. The molecule has 0 saturated carbocycles. The van der Waals surface area contributed by atoms with Crippen LogP contribution in [0.2, 0.25) is 0 Å². The monoisotopic (exact) mass is 318 g/mol. The van der Waals surface area contributed by atoms with Gasteiger partial charge in [0, 0.05) is 38.5 Å². The van der Waals surface area contributed by atoms with E-state index >= 15 is 0 Å². The zero-order chi connectivity index (χ0) is 15.2. The van der Waals surface area contributed by atoms with Gasteiger partial charge in [0.25, 0.3) is 0 Å². The zero-order valence-electron chi connectivity index (χ0n) is 12.5. The zero-order valence-corrected chi connectivity index (χ0v) is 13.3. The molecule has 7 heteroatoms. The van der Waals surface area contributed by atoms with Crippen LogP contribution in [0.25, 0.3) is 10.2 Å². The highest BCUT2D eigenvalue weighted by molar-refractivity contribution is 7.17. The van der Waals surface area contributed by atoms with Crippen molar-refractivity contribution in [3.05, 3.63) is 17.8 Å². The number of carbonyl (C=O) groups excluding carboxylic acids is 1. The number of rotatable bonds is 1. The Kier molecular flexibility index (Phi) is 3.27. The molecule has 1 amide bonds. The van der Waals surface area contributed by atoms with Crippen LogP contribution in [-0.2, 0) is 9.53 Å². The van der Waals surface area contributed by atoms with Gasteiger partial charge in [-0.15, -0.1) is 11.3 Å². The van der Waals surface area contributed by atoms with Crippen LogP contribution in [0.5, 0.6) is 0 Å². The molecule has 4 heterocycles. The topological polar surface area (TPSA) is 58.6 Å². The molecule has 2 saturated heterocycles. The van der Waals surface area contributed by atoms with Gasteiger partial charge in [0.1, 0.15) is 12.1 Å². The summed E-state index contributed by atoms with van der Waals surface area (Å²) in [7, 11) is 1.87. The third kappa shape index (κ3) is 2.24. The van der Waals surface area contributed by atoms with Gasteiger partial charge in [0.15, 0.2) is 0 Å². The van der Waals surface area contributed by atoms with Crippen molar-refractivity contribution in [2.75, 3.05) is 44.8 Å². The van der Waals surface area contributed by atoms with Gasteiger partial charge < -0.3 is 14.5 Å². The number of hydrogen-bond acceptors (Lipinski definition) is 6. The minimum Gasteiger partial charge on any atom is -0.379 e. The van der Waals surface area contributed by atoms with Gasteiger partial charge in [-0.25, -0.2) is 9.97 Å². The van der Waals surface area contributed by atoms with Gasteiger partial charge in [0.05, 0.1) is 23.4 Å². The maximum atomic E-state index is 12.0. The third-order valence-corrected chi connectivity index (χ3v) is 5.39. The van der Waals surface area contributed by atoms with Gasteiger partial charge in [-0.05, 0) is 11.4 Å². The number of carbonyl (C=O) groups is 1. The van der Waals surface area contributed by atoms with Crippen molar-refractivity contribution in [3.8, 4) is 0 Å². The first kappa shape index (κ1) is 13.9. The molecule has 0 aliphatic carbocycles. The van der Waals surface area contributed by atoms with E-state index < -0.39 is 0 Å². The Bertz CT molecular complexity index is 718. The molecule has 2 aliphatic rings. The summed E-state index contributed by atoms with van der Waals surface area (Å²) in [5, 5.41) is 2.04. The van der Waals surface area contributed by atoms with Crippen molar-refractivity contribution < 1.29 is 9.53 Å². The Morgan fingerprint density at radius 1 is 1.36 bits per heavy atom. The maximum Gasteiger partial charge on any atom is 0.223 e. The van der Waals surface area contributed by atoms with E-state index in [0.29, 0.717) is 19.6 Å². The molecule has 116 valence electrons. The highest BCUT2D eigenvalue weighted by atomic mass is 32.1. The van der Waals surface area contributed by atoms with E-state index in [1.54, 1.807) is 17.7 Å². The largest absolute Gasteiger partial charge is 0.379 e. The van der Waals surface area contributed by atoms with E-state index in [1.807, 2.05) is 23.4 Å². The Balaban J connectivity index is 1.69. The van der Waals surface area contributed by atoms with Crippen molar-refractivity contribution >= 4 is 33.3 Å². The van der Waals surface area contributed by atoms with E-state index in [2.05, 4.69) is 14.9 Å². The van der Waals surface area contributed by atoms with Crippen LogP contribution in [0.1, 0.15) is 6.42 Å². The molecule has 2 aliphatic heterocycles. The van der Waals surface area contributed by atoms with Crippen LogP contribution in [-0.4, -0.2) is 60.7 Å². The van der Waals surface area contributed by atoms with Gasteiger partial charge in [-0.2, -0.15) is 0 Å². The van der Waals surface area contributed by atoms with Gasteiger partial charge >= 0.3 is 0 Å². The number of thiophene rings is 1. The van der Waals surface area contributed by atoms with Crippen molar-refractivity contribution in [2.45, 2.75) is 6.42 Å². The fraction of sp³-hybridized carbons (Fsp3) is 0.533. The molecule has 6 nitrogen and oxygen atoms in total. The number of amides is 1. The number of aromatic nitrogens is 2. The average Bonchev–Trinajstić information content (AvgIpc) is 3.01. The molecule has 0 N–H and O–H groups in total. The summed E-state index contributed by atoms with van der Waals surface area (Å²) in [5.74, 6) is 1.17. The van der Waals surface area contributed by atoms with Crippen LogP contribution >= 0.6 is 11.3 Å². The number of likely N-dealkylation sites (tertiary alicyclic amines) is 1. The Morgan fingerprint density at radius 3 is 3.09 bits per heavy atom. The number of nitrogens with zero attached hydrogens (tertiary/aromatic N) is 4. The van der Waals surface area contributed by atoms with Crippen LogP contribution in [0.15, 0.2) is 17.8 Å². The number of hydrogen-bond donors (Lipinski definition) is 0. The van der Waals surface area contributed by atoms with Crippen molar-refractivity contribution in [1.82, 2.24) is 14.9 Å². The predicted molar refractivity (Wildman–Crippen MR) is 85.1 cm³/mol. The molecule has 0 bridgehead atoms. The summed E-state index contributed by atoms with van der Waals surface area (Å²) < 4.78 is 6.92. The third-order valence-electron chi connectivity index (χ3n) is 4.49. The molecule has 0 aromatic carbocycles. The van der Waals surface area contributed by atoms with Crippen LogP contribution in [0, 0.1) is 5.41 Å². The Hall–Kier alpha value is -1.73. The molecular formula is C15H18N4O2S. The van der Waals surface area contributed by atoms with E-state index in [0.717, 1.165) is 35.7 Å². The lowest BCUT2D eigenvalue weighted by atomic mass is 9.87. The normalized spacial score (nSPS) is 26.1. The standard InChI is InChI=1S/C15H18N4O2S/c1-18-7-15(6-12(18)20)8-19(3-4-21-9-15)14-13-11(2-5-22-13)16-10-17-14/h2,5,10H,3-4,6-9H2,1H3/t15-/m0/s1. The molecule has 0 radical (unpaired) electrons. The van der Waals surface area contributed by atoms with Crippen LogP contribution < -0.4 is 4.90 Å². The van der Waals surface area contributed by atoms with E-state index in [9.17, 15) is 4.79 Å². The number of fused-ring (bicyclic) bond motifs is 1. The SMILES string of the molecule is CN1C[C@@]2(COCCN(c3ncnc4ccsc34)C2)CC1=O. The average molecular weight is 318 g/mol. The van der Waals surface area contributed by atoms with Crippen molar-refractivity contribution in [1.29, 1.82) is 0 Å². The Labute approximate surface area is 132 Å². The van der Waals surface area contributed by atoms with Crippen molar-refractivity contribution in [2.24, 2.45) is 5.41 Å². The van der Waals surface area contributed by atoms with E-state index in [1.165, 1.54) is 0 Å². The first-order valence-electron chi connectivity index (χ1n) is 7.42. The molecule has 2 aromatic heterocycles.